The number of aryl methyl sites for hydroxylation is 1. The van der Waals surface area contributed by atoms with Crippen LogP contribution in [0.4, 0.5) is 0 Å². The molecule has 0 aliphatic heterocycles. The molecule has 78 valence electrons. The van der Waals surface area contributed by atoms with Crippen molar-refractivity contribution in [2.24, 2.45) is 0 Å². The standard InChI is InChI=1S/C9H13NO3S/c1-3-10-14(12,13)8-6-4-5-7(2)9(8)11/h4-6,10-11H,3H2,1-2H3. The van der Waals surface area contributed by atoms with Gasteiger partial charge < -0.3 is 5.11 Å². The van der Waals surface area contributed by atoms with Gasteiger partial charge in [0.25, 0.3) is 0 Å². The molecule has 0 amide bonds. The average molecular weight is 215 g/mol. The Morgan fingerprint density at radius 3 is 2.64 bits per heavy atom. The van der Waals surface area contributed by atoms with Gasteiger partial charge in [-0.1, -0.05) is 19.1 Å². The van der Waals surface area contributed by atoms with Crippen molar-refractivity contribution in [3.63, 3.8) is 0 Å². The number of aromatic hydroxyl groups is 1. The van der Waals surface area contributed by atoms with Crippen LogP contribution < -0.4 is 4.72 Å². The van der Waals surface area contributed by atoms with E-state index in [1.54, 1.807) is 26.0 Å². The van der Waals surface area contributed by atoms with Crippen molar-refractivity contribution in [2.75, 3.05) is 6.54 Å². The molecule has 1 rings (SSSR count). The molecule has 0 heterocycles. The SMILES string of the molecule is CCNS(=O)(=O)c1cccc(C)c1O. The summed E-state index contributed by atoms with van der Waals surface area (Å²) in [5, 5.41) is 9.54. The van der Waals surface area contributed by atoms with Crippen LogP contribution in [-0.2, 0) is 10.0 Å². The summed E-state index contributed by atoms with van der Waals surface area (Å²) in [6.45, 7) is 3.64. The monoisotopic (exact) mass is 215 g/mol. The minimum Gasteiger partial charge on any atom is -0.506 e. The van der Waals surface area contributed by atoms with E-state index in [2.05, 4.69) is 4.72 Å². The quantitative estimate of drug-likeness (QED) is 0.790. The minimum absolute atomic E-state index is 0.0700. The lowest BCUT2D eigenvalue weighted by Crippen LogP contribution is -2.23. The number of hydrogen-bond acceptors (Lipinski definition) is 3. The second kappa shape index (κ2) is 3.98. The largest absolute Gasteiger partial charge is 0.506 e. The van der Waals surface area contributed by atoms with Gasteiger partial charge in [0.1, 0.15) is 10.6 Å². The number of nitrogens with one attached hydrogen (secondary N) is 1. The van der Waals surface area contributed by atoms with Crippen LogP contribution in [0.3, 0.4) is 0 Å². The van der Waals surface area contributed by atoms with Crippen LogP contribution in [0, 0.1) is 6.92 Å². The Kier molecular flexibility index (Phi) is 3.13. The van der Waals surface area contributed by atoms with Crippen LogP contribution in [0.1, 0.15) is 12.5 Å². The number of benzene rings is 1. The second-order valence-electron chi connectivity index (χ2n) is 2.92. The van der Waals surface area contributed by atoms with Crippen LogP contribution in [0.5, 0.6) is 5.75 Å². The fourth-order valence-electron chi connectivity index (χ4n) is 1.12. The Morgan fingerprint density at radius 1 is 1.43 bits per heavy atom. The zero-order valence-corrected chi connectivity index (χ0v) is 8.93. The van der Waals surface area contributed by atoms with Crippen molar-refractivity contribution in [3.8, 4) is 5.75 Å². The maximum absolute atomic E-state index is 11.5. The summed E-state index contributed by atoms with van der Waals surface area (Å²) >= 11 is 0. The molecule has 0 fully saturated rings. The van der Waals surface area contributed by atoms with E-state index in [9.17, 15) is 13.5 Å². The molecule has 1 aromatic carbocycles. The summed E-state index contributed by atoms with van der Waals surface area (Å²) in [4.78, 5) is -0.0700. The molecule has 2 N–H and O–H groups in total. The molecule has 0 spiro atoms. The minimum atomic E-state index is -3.56. The molecule has 4 nitrogen and oxygen atoms in total. The Morgan fingerprint density at radius 2 is 2.07 bits per heavy atom. The van der Waals surface area contributed by atoms with Crippen LogP contribution in [0.25, 0.3) is 0 Å². The van der Waals surface area contributed by atoms with Crippen molar-refractivity contribution in [2.45, 2.75) is 18.7 Å². The number of phenols is 1. The summed E-state index contributed by atoms with van der Waals surface area (Å²) in [6, 6.07) is 4.62. The first-order valence-corrected chi connectivity index (χ1v) is 5.75. The predicted molar refractivity (Wildman–Crippen MR) is 53.7 cm³/mol. The third kappa shape index (κ3) is 2.05. The van der Waals surface area contributed by atoms with Gasteiger partial charge in [-0.05, 0) is 18.6 Å². The zero-order valence-electron chi connectivity index (χ0n) is 8.11. The average Bonchev–Trinajstić information content (AvgIpc) is 2.09. The van der Waals surface area contributed by atoms with Crippen molar-refractivity contribution in [3.05, 3.63) is 23.8 Å². The molecule has 0 radical (unpaired) electrons. The van der Waals surface area contributed by atoms with Gasteiger partial charge in [0.15, 0.2) is 0 Å². The molecule has 0 saturated heterocycles. The Labute approximate surface area is 83.6 Å². The topological polar surface area (TPSA) is 66.4 Å². The first-order chi connectivity index (χ1) is 6.49. The van der Waals surface area contributed by atoms with Gasteiger partial charge >= 0.3 is 0 Å². The summed E-state index contributed by atoms with van der Waals surface area (Å²) in [5.41, 5.74) is 0.545. The first kappa shape index (κ1) is 11.0. The van der Waals surface area contributed by atoms with Gasteiger partial charge in [0, 0.05) is 6.54 Å². The van der Waals surface area contributed by atoms with Gasteiger partial charge in [-0.15, -0.1) is 0 Å². The van der Waals surface area contributed by atoms with E-state index in [0.29, 0.717) is 12.1 Å². The Balaban J connectivity index is 3.27. The smallest absolute Gasteiger partial charge is 0.244 e. The van der Waals surface area contributed by atoms with Crippen molar-refractivity contribution in [1.29, 1.82) is 0 Å². The number of phenolic OH excluding ortho intramolecular Hbond substituents is 1. The molecule has 14 heavy (non-hydrogen) atoms. The highest BCUT2D eigenvalue weighted by atomic mass is 32.2. The molecule has 1 aromatic rings. The molecule has 0 bridgehead atoms. The van der Waals surface area contributed by atoms with Crippen LogP contribution >= 0.6 is 0 Å². The molecular weight excluding hydrogens is 202 g/mol. The summed E-state index contributed by atoms with van der Waals surface area (Å²) in [5.74, 6) is -0.187. The van der Waals surface area contributed by atoms with Gasteiger partial charge in [0.2, 0.25) is 10.0 Å². The Bertz CT molecular complexity index is 426. The van der Waals surface area contributed by atoms with Crippen molar-refractivity contribution < 1.29 is 13.5 Å². The number of sulfonamides is 1. The lowest BCUT2D eigenvalue weighted by molar-refractivity contribution is 0.454. The predicted octanol–water partition coefficient (Wildman–Crippen LogP) is 0.999. The van der Waals surface area contributed by atoms with E-state index in [1.165, 1.54) is 6.07 Å². The maximum Gasteiger partial charge on any atom is 0.244 e. The highest BCUT2D eigenvalue weighted by Crippen LogP contribution is 2.25. The number of para-hydroxylation sites is 1. The van der Waals surface area contributed by atoms with Crippen LogP contribution in [0.2, 0.25) is 0 Å². The van der Waals surface area contributed by atoms with Gasteiger partial charge in [-0.3, -0.25) is 0 Å². The fraction of sp³-hybridized carbons (Fsp3) is 0.333. The summed E-state index contributed by atoms with van der Waals surface area (Å²) in [7, 11) is -3.56. The number of rotatable bonds is 3. The molecule has 0 aliphatic rings. The van der Waals surface area contributed by atoms with E-state index < -0.39 is 10.0 Å². The highest BCUT2D eigenvalue weighted by Gasteiger charge is 2.17. The van der Waals surface area contributed by atoms with E-state index >= 15 is 0 Å². The molecule has 0 unspecified atom stereocenters. The van der Waals surface area contributed by atoms with E-state index in [4.69, 9.17) is 0 Å². The molecule has 5 heteroatoms. The van der Waals surface area contributed by atoms with Crippen LogP contribution in [-0.4, -0.2) is 20.1 Å². The van der Waals surface area contributed by atoms with Crippen molar-refractivity contribution >= 4 is 10.0 Å². The van der Waals surface area contributed by atoms with Crippen LogP contribution in [0.15, 0.2) is 23.1 Å². The molecular formula is C9H13NO3S. The normalized spacial score (nSPS) is 11.6. The highest BCUT2D eigenvalue weighted by molar-refractivity contribution is 7.89. The van der Waals surface area contributed by atoms with E-state index in [1.807, 2.05) is 0 Å². The third-order valence-electron chi connectivity index (χ3n) is 1.82. The van der Waals surface area contributed by atoms with Gasteiger partial charge in [0.05, 0.1) is 0 Å². The molecule has 0 aliphatic carbocycles. The maximum atomic E-state index is 11.5. The lowest BCUT2D eigenvalue weighted by atomic mass is 10.2. The lowest BCUT2D eigenvalue weighted by Gasteiger charge is -2.07. The Hall–Kier alpha value is -1.07. The summed E-state index contributed by atoms with van der Waals surface area (Å²) < 4.78 is 25.4. The molecule has 0 aromatic heterocycles. The molecule has 0 atom stereocenters. The van der Waals surface area contributed by atoms with Gasteiger partial charge in [-0.2, -0.15) is 0 Å². The second-order valence-corrected chi connectivity index (χ2v) is 4.66. The fourth-order valence-corrected chi connectivity index (χ4v) is 2.33. The van der Waals surface area contributed by atoms with Gasteiger partial charge in [-0.25, -0.2) is 13.1 Å². The van der Waals surface area contributed by atoms with E-state index in [0.717, 1.165) is 0 Å². The molecule has 0 saturated carbocycles. The first-order valence-electron chi connectivity index (χ1n) is 4.27. The number of hydrogen-bond donors (Lipinski definition) is 2. The third-order valence-corrected chi connectivity index (χ3v) is 3.40. The van der Waals surface area contributed by atoms with E-state index in [-0.39, 0.29) is 10.6 Å². The summed E-state index contributed by atoms with van der Waals surface area (Å²) in [6.07, 6.45) is 0. The van der Waals surface area contributed by atoms with Crippen molar-refractivity contribution in [1.82, 2.24) is 4.72 Å². The zero-order chi connectivity index (χ0) is 10.8.